The van der Waals surface area contributed by atoms with E-state index in [1.165, 1.54) is 11.3 Å². The number of para-hydroxylation sites is 1. The van der Waals surface area contributed by atoms with Crippen molar-refractivity contribution in [2.45, 2.75) is 45.6 Å². The third-order valence-electron chi connectivity index (χ3n) is 4.53. The molecule has 1 aromatic carbocycles. The quantitative estimate of drug-likeness (QED) is 0.815. The van der Waals surface area contributed by atoms with Crippen LogP contribution < -0.4 is 10.2 Å². The molecule has 0 aliphatic carbocycles. The lowest BCUT2D eigenvalue weighted by molar-refractivity contribution is 0.0948. The highest BCUT2D eigenvalue weighted by Gasteiger charge is 2.26. The van der Waals surface area contributed by atoms with E-state index < -0.39 is 0 Å². The van der Waals surface area contributed by atoms with E-state index in [0.29, 0.717) is 18.3 Å². The summed E-state index contributed by atoms with van der Waals surface area (Å²) in [6.07, 6.45) is 6.15. The molecule has 1 N–H and O–H groups in total. The lowest BCUT2D eigenvalue weighted by Gasteiger charge is -2.24. The predicted octanol–water partition coefficient (Wildman–Crippen LogP) is 4.08. The summed E-state index contributed by atoms with van der Waals surface area (Å²) in [6, 6.07) is 12.7. The van der Waals surface area contributed by atoms with Crippen molar-refractivity contribution in [2.75, 3.05) is 11.4 Å². The van der Waals surface area contributed by atoms with Crippen molar-refractivity contribution in [2.24, 2.45) is 0 Å². The van der Waals surface area contributed by atoms with Gasteiger partial charge in [0, 0.05) is 18.3 Å². The number of pyridine rings is 1. The maximum absolute atomic E-state index is 12.1. The minimum Gasteiger partial charge on any atom is -0.351 e. The maximum Gasteiger partial charge on any atom is 0.269 e. The summed E-state index contributed by atoms with van der Waals surface area (Å²) in [5.41, 5.74) is 4.12. The third-order valence-corrected chi connectivity index (χ3v) is 4.53. The minimum absolute atomic E-state index is 0.0903. The molecule has 1 aromatic heterocycles. The van der Waals surface area contributed by atoms with Gasteiger partial charge in [-0.15, -0.1) is 0 Å². The van der Waals surface area contributed by atoms with E-state index in [1.807, 2.05) is 12.1 Å². The number of unbranched alkanes of at least 4 members (excludes halogenated alkanes) is 2. The number of carbonyl (C=O) groups is 1. The molecular formula is C20H25N3O. The first kappa shape index (κ1) is 16.5. The van der Waals surface area contributed by atoms with Crippen molar-refractivity contribution in [1.82, 2.24) is 10.3 Å². The number of carbonyl (C=O) groups excluding carboxylic acids is 1. The van der Waals surface area contributed by atoms with Crippen LogP contribution in [-0.4, -0.2) is 23.5 Å². The highest BCUT2D eigenvalue weighted by atomic mass is 16.1. The Labute approximate surface area is 143 Å². The van der Waals surface area contributed by atoms with Gasteiger partial charge in [-0.3, -0.25) is 4.79 Å². The van der Waals surface area contributed by atoms with E-state index in [9.17, 15) is 4.79 Å². The Bertz CT molecular complexity index is 696. The number of anilines is 2. The molecule has 0 bridgehead atoms. The van der Waals surface area contributed by atoms with Crippen LogP contribution in [0.1, 0.15) is 49.2 Å². The van der Waals surface area contributed by atoms with Crippen molar-refractivity contribution >= 4 is 17.3 Å². The first-order valence-electron chi connectivity index (χ1n) is 8.82. The van der Waals surface area contributed by atoms with E-state index in [0.717, 1.165) is 31.4 Å². The predicted molar refractivity (Wildman–Crippen MR) is 97.8 cm³/mol. The standard InChI is InChI=1S/C20H25N3O/c1-3-4-7-12-21-20(24)18-11-10-17(14-22-18)23-15(2)13-16-8-5-6-9-19(16)23/h5-6,8-11,14-15H,3-4,7,12-13H2,1-2H3,(H,21,24). The first-order chi connectivity index (χ1) is 11.7. The number of aromatic nitrogens is 1. The van der Waals surface area contributed by atoms with Gasteiger partial charge in [0.05, 0.1) is 11.9 Å². The Morgan fingerprint density at radius 1 is 1.25 bits per heavy atom. The van der Waals surface area contributed by atoms with Crippen LogP contribution in [0.2, 0.25) is 0 Å². The van der Waals surface area contributed by atoms with Crippen molar-refractivity contribution in [3.05, 3.63) is 53.9 Å². The molecule has 4 heteroatoms. The van der Waals surface area contributed by atoms with Gasteiger partial charge in [0.25, 0.3) is 5.91 Å². The van der Waals surface area contributed by atoms with E-state index in [1.54, 1.807) is 6.20 Å². The average Bonchev–Trinajstić information content (AvgIpc) is 2.94. The molecule has 0 spiro atoms. The fourth-order valence-corrected chi connectivity index (χ4v) is 3.29. The van der Waals surface area contributed by atoms with Crippen molar-refractivity contribution < 1.29 is 4.79 Å². The number of fused-ring (bicyclic) bond motifs is 1. The summed E-state index contributed by atoms with van der Waals surface area (Å²) in [6.45, 7) is 5.08. The molecule has 0 radical (unpaired) electrons. The zero-order chi connectivity index (χ0) is 16.9. The monoisotopic (exact) mass is 323 g/mol. The summed E-state index contributed by atoms with van der Waals surface area (Å²) in [5.74, 6) is -0.0903. The fraction of sp³-hybridized carbons (Fsp3) is 0.400. The summed E-state index contributed by atoms with van der Waals surface area (Å²) in [7, 11) is 0. The molecule has 0 saturated carbocycles. The lowest BCUT2D eigenvalue weighted by Crippen LogP contribution is -2.26. The minimum atomic E-state index is -0.0903. The molecule has 2 heterocycles. The van der Waals surface area contributed by atoms with Gasteiger partial charge < -0.3 is 10.2 Å². The van der Waals surface area contributed by atoms with Gasteiger partial charge in [-0.1, -0.05) is 38.0 Å². The molecule has 1 amide bonds. The largest absolute Gasteiger partial charge is 0.351 e. The number of amides is 1. The van der Waals surface area contributed by atoms with E-state index in [-0.39, 0.29) is 5.91 Å². The molecule has 2 aromatic rings. The van der Waals surface area contributed by atoms with Crippen LogP contribution >= 0.6 is 0 Å². The molecule has 0 fully saturated rings. The number of rotatable bonds is 6. The Morgan fingerprint density at radius 3 is 2.83 bits per heavy atom. The van der Waals surface area contributed by atoms with Gasteiger partial charge in [0.2, 0.25) is 0 Å². The number of nitrogens with zero attached hydrogens (tertiary/aromatic N) is 2. The molecule has 0 saturated heterocycles. The Hall–Kier alpha value is -2.36. The van der Waals surface area contributed by atoms with Gasteiger partial charge in [-0.2, -0.15) is 0 Å². The lowest BCUT2D eigenvalue weighted by atomic mass is 10.1. The van der Waals surface area contributed by atoms with Crippen molar-refractivity contribution in [3.63, 3.8) is 0 Å². The van der Waals surface area contributed by atoms with Gasteiger partial charge in [0.15, 0.2) is 0 Å². The van der Waals surface area contributed by atoms with Crippen LogP contribution in [0.15, 0.2) is 42.6 Å². The maximum atomic E-state index is 12.1. The van der Waals surface area contributed by atoms with Gasteiger partial charge in [0.1, 0.15) is 5.69 Å². The Balaban J connectivity index is 1.70. The van der Waals surface area contributed by atoms with Crippen LogP contribution in [0.3, 0.4) is 0 Å². The summed E-state index contributed by atoms with van der Waals surface area (Å²) < 4.78 is 0. The molecule has 126 valence electrons. The molecule has 1 atom stereocenters. The summed E-state index contributed by atoms with van der Waals surface area (Å²) in [5, 5.41) is 2.93. The number of benzene rings is 1. The van der Waals surface area contributed by atoms with Crippen molar-refractivity contribution in [3.8, 4) is 0 Å². The third kappa shape index (κ3) is 3.42. The molecular weight excluding hydrogens is 298 g/mol. The van der Waals surface area contributed by atoms with Crippen LogP contribution in [-0.2, 0) is 6.42 Å². The summed E-state index contributed by atoms with van der Waals surface area (Å²) in [4.78, 5) is 18.8. The normalized spacial score (nSPS) is 16.1. The second kappa shape index (κ2) is 7.47. The molecule has 1 aliphatic rings. The highest BCUT2D eigenvalue weighted by molar-refractivity contribution is 5.92. The van der Waals surface area contributed by atoms with Crippen LogP contribution in [0, 0.1) is 0 Å². The van der Waals surface area contributed by atoms with Gasteiger partial charge in [-0.05, 0) is 43.5 Å². The topological polar surface area (TPSA) is 45.2 Å². The van der Waals surface area contributed by atoms with E-state index >= 15 is 0 Å². The smallest absolute Gasteiger partial charge is 0.269 e. The van der Waals surface area contributed by atoms with Crippen LogP contribution in [0.25, 0.3) is 0 Å². The summed E-state index contributed by atoms with van der Waals surface area (Å²) >= 11 is 0. The van der Waals surface area contributed by atoms with Crippen LogP contribution in [0.5, 0.6) is 0 Å². The second-order valence-electron chi connectivity index (χ2n) is 6.42. The fourth-order valence-electron chi connectivity index (χ4n) is 3.29. The van der Waals surface area contributed by atoms with Crippen LogP contribution in [0.4, 0.5) is 11.4 Å². The number of hydrogen-bond acceptors (Lipinski definition) is 3. The average molecular weight is 323 g/mol. The molecule has 4 nitrogen and oxygen atoms in total. The second-order valence-corrected chi connectivity index (χ2v) is 6.42. The number of nitrogens with one attached hydrogen (secondary N) is 1. The SMILES string of the molecule is CCCCCNC(=O)c1ccc(N2c3ccccc3CC2C)cn1. The Morgan fingerprint density at radius 2 is 2.08 bits per heavy atom. The van der Waals surface area contributed by atoms with E-state index in [2.05, 4.69) is 53.3 Å². The zero-order valence-electron chi connectivity index (χ0n) is 14.5. The molecule has 24 heavy (non-hydrogen) atoms. The van der Waals surface area contributed by atoms with Gasteiger partial charge in [-0.25, -0.2) is 4.98 Å². The van der Waals surface area contributed by atoms with Crippen molar-refractivity contribution in [1.29, 1.82) is 0 Å². The highest BCUT2D eigenvalue weighted by Crippen LogP contribution is 2.37. The zero-order valence-corrected chi connectivity index (χ0v) is 14.5. The molecule has 3 rings (SSSR count). The number of hydrogen-bond donors (Lipinski definition) is 1. The Kier molecular flexibility index (Phi) is 5.14. The molecule has 1 unspecified atom stereocenters. The molecule has 1 aliphatic heterocycles. The first-order valence-corrected chi connectivity index (χ1v) is 8.82. The van der Waals surface area contributed by atoms with Gasteiger partial charge >= 0.3 is 0 Å². The van der Waals surface area contributed by atoms with E-state index in [4.69, 9.17) is 0 Å².